The molecule has 0 aliphatic rings. The van der Waals surface area contributed by atoms with Gasteiger partial charge in [-0.2, -0.15) is 0 Å². The number of rotatable bonds is 6. The molecule has 0 fully saturated rings. The highest BCUT2D eigenvalue weighted by Gasteiger charge is 2.21. The molecule has 0 heterocycles. The van der Waals surface area contributed by atoms with Crippen LogP contribution in [0.2, 0.25) is 0 Å². The molecule has 0 radical (unpaired) electrons. The summed E-state index contributed by atoms with van der Waals surface area (Å²) >= 11 is 0. The van der Waals surface area contributed by atoms with Crippen molar-refractivity contribution in [1.29, 1.82) is 0 Å². The van der Waals surface area contributed by atoms with E-state index < -0.39 is 7.60 Å². The normalized spacial score (nSPS) is 14.6. The molecule has 4 heteroatoms. The molecule has 0 bridgehead atoms. The largest absolute Gasteiger partial charge is 0.332 e. The van der Waals surface area contributed by atoms with Crippen LogP contribution in [0, 0.1) is 0 Å². The Morgan fingerprint density at radius 1 is 1.18 bits per heavy atom. The second kappa shape index (κ2) is 6.34. The summed E-state index contributed by atoms with van der Waals surface area (Å²) in [5.74, 6) is 0. The van der Waals surface area contributed by atoms with Crippen LogP contribution in [0.25, 0.3) is 0 Å². The standard InChI is InChI=1S/C13H21O3P/c1-4-11-8-7-9-12(13(11)5-2)10-17(14,15)16-6-3/h7-9H,4-6,10H2,1-3H3,(H,14,15). The predicted molar refractivity (Wildman–Crippen MR) is 70.4 cm³/mol. The average molecular weight is 256 g/mol. The number of hydrogen-bond acceptors (Lipinski definition) is 2. The van der Waals surface area contributed by atoms with Gasteiger partial charge in [-0.15, -0.1) is 0 Å². The molecule has 0 saturated heterocycles. The minimum Gasteiger partial charge on any atom is -0.324 e. The molecule has 0 aliphatic heterocycles. The molecule has 1 aromatic rings. The quantitative estimate of drug-likeness (QED) is 0.792. The highest BCUT2D eigenvalue weighted by molar-refractivity contribution is 7.51. The molecule has 1 rings (SSSR count). The van der Waals surface area contributed by atoms with E-state index in [1.54, 1.807) is 6.92 Å². The highest BCUT2D eigenvalue weighted by Crippen LogP contribution is 2.46. The Balaban J connectivity index is 3.02. The fourth-order valence-corrected chi connectivity index (χ4v) is 3.31. The van der Waals surface area contributed by atoms with Crippen molar-refractivity contribution in [2.45, 2.75) is 39.8 Å². The minimum absolute atomic E-state index is 0.109. The first-order valence-electron chi connectivity index (χ1n) is 6.10. The average Bonchev–Trinajstić information content (AvgIpc) is 2.27. The first-order chi connectivity index (χ1) is 8.04. The van der Waals surface area contributed by atoms with Crippen molar-refractivity contribution >= 4 is 7.60 Å². The van der Waals surface area contributed by atoms with E-state index in [1.165, 1.54) is 11.1 Å². The van der Waals surface area contributed by atoms with Crippen molar-refractivity contribution in [2.75, 3.05) is 6.61 Å². The number of hydrogen-bond donors (Lipinski definition) is 1. The van der Waals surface area contributed by atoms with E-state index in [-0.39, 0.29) is 12.8 Å². The molecular formula is C13H21O3P. The van der Waals surface area contributed by atoms with E-state index in [1.807, 2.05) is 12.1 Å². The van der Waals surface area contributed by atoms with E-state index in [0.717, 1.165) is 18.4 Å². The Bertz CT molecular complexity index is 415. The summed E-state index contributed by atoms with van der Waals surface area (Å²) in [5.41, 5.74) is 3.37. The molecular weight excluding hydrogens is 235 g/mol. The molecule has 0 aliphatic carbocycles. The third-order valence-corrected chi connectivity index (χ3v) is 4.21. The van der Waals surface area contributed by atoms with Gasteiger partial charge in [0.1, 0.15) is 0 Å². The van der Waals surface area contributed by atoms with Crippen LogP contribution < -0.4 is 0 Å². The maximum atomic E-state index is 11.8. The van der Waals surface area contributed by atoms with Crippen molar-refractivity contribution in [3.8, 4) is 0 Å². The zero-order chi connectivity index (χ0) is 12.9. The van der Waals surface area contributed by atoms with E-state index >= 15 is 0 Å². The second-order valence-corrected chi connectivity index (χ2v) is 5.82. The minimum atomic E-state index is -3.48. The van der Waals surface area contributed by atoms with Crippen LogP contribution in [0.1, 0.15) is 37.5 Å². The smallest absolute Gasteiger partial charge is 0.324 e. The van der Waals surface area contributed by atoms with Crippen LogP contribution in [-0.4, -0.2) is 11.5 Å². The van der Waals surface area contributed by atoms with Crippen LogP contribution in [0.4, 0.5) is 0 Å². The van der Waals surface area contributed by atoms with Gasteiger partial charge in [0.15, 0.2) is 0 Å². The van der Waals surface area contributed by atoms with Gasteiger partial charge in [-0.3, -0.25) is 4.57 Å². The van der Waals surface area contributed by atoms with Gasteiger partial charge in [-0.25, -0.2) is 0 Å². The Morgan fingerprint density at radius 3 is 2.35 bits per heavy atom. The molecule has 1 aromatic carbocycles. The summed E-state index contributed by atoms with van der Waals surface area (Å²) in [7, 11) is -3.48. The Labute approximate surface area is 103 Å². The van der Waals surface area contributed by atoms with Crippen molar-refractivity contribution in [3.05, 3.63) is 34.9 Å². The van der Waals surface area contributed by atoms with E-state index in [0.29, 0.717) is 0 Å². The number of benzene rings is 1. The zero-order valence-electron chi connectivity index (χ0n) is 10.8. The van der Waals surface area contributed by atoms with Crippen molar-refractivity contribution < 1.29 is 14.0 Å². The monoisotopic (exact) mass is 256 g/mol. The van der Waals surface area contributed by atoms with Crippen molar-refractivity contribution in [1.82, 2.24) is 0 Å². The highest BCUT2D eigenvalue weighted by atomic mass is 31.2. The van der Waals surface area contributed by atoms with E-state index in [4.69, 9.17) is 4.52 Å². The summed E-state index contributed by atoms with van der Waals surface area (Å²) < 4.78 is 16.7. The first kappa shape index (κ1) is 14.4. The Kier molecular flexibility index (Phi) is 5.38. The first-order valence-corrected chi connectivity index (χ1v) is 7.86. The van der Waals surface area contributed by atoms with Gasteiger partial charge in [-0.1, -0.05) is 32.0 Å². The molecule has 0 aromatic heterocycles. The van der Waals surface area contributed by atoms with Crippen LogP contribution in [0.15, 0.2) is 18.2 Å². The van der Waals surface area contributed by atoms with Crippen LogP contribution in [0.3, 0.4) is 0 Å². The van der Waals surface area contributed by atoms with Crippen LogP contribution in [-0.2, 0) is 28.1 Å². The summed E-state index contributed by atoms with van der Waals surface area (Å²) in [6, 6.07) is 5.93. The third kappa shape index (κ3) is 3.95. The lowest BCUT2D eigenvalue weighted by molar-refractivity contribution is 0.272. The molecule has 1 N–H and O–H groups in total. The molecule has 0 amide bonds. The molecule has 96 valence electrons. The molecule has 1 unspecified atom stereocenters. The lowest BCUT2D eigenvalue weighted by Gasteiger charge is -2.15. The van der Waals surface area contributed by atoms with E-state index in [9.17, 15) is 9.46 Å². The molecule has 0 saturated carbocycles. The molecule has 17 heavy (non-hydrogen) atoms. The van der Waals surface area contributed by atoms with Gasteiger partial charge in [0, 0.05) is 0 Å². The fourth-order valence-electron chi connectivity index (χ4n) is 2.08. The van der Waals surface area contributed by atoms with Gasteiger partial charge in [-0.05, 0) is 36.5 Å². The lowest BCUT2D eigenvalue weighted by Crippen LogP contribution is -2.00. The maximum Gasteiger partial charge on any atom is 0.332 e. The van der Waals surface area contributed by atoms with Crippen LogP contribution >= 0.6 is 7.60 Å². The molecule has 3 nitrogen and oxygen atoms in total. The van der Waals surface area contributed by atoms with Crippen molar-refractivity contribution in [2.24, 2.45) is 0 Å². The Hall–Kier alpha value is -0.630. The van der Waals surface area contributed by atoms with Gasteiger partial charge in [0.2, 0.25) is 0 Å². The van der Waals surface area contributed by atoms with Gasteiger partial charge in [0.05, 0.1) is 12.8 Å². The molecule has 1 atom stereocenters. The summed E-state index contributed by atoms with van der Waals surface area (Å²) in [6.07, 6.45) is 1.94. The summed E-state index contributed by atoms with van der Waals surface area (Å²) in [6.45, 7) is 6.16. The fraction of sp³-hybridized carbons (Fsp3) is 0.538. The Morgan fingerprint density at radius 2 is 1.82 bits per heavy atom. The van der Waals surface area contributed by atoms with Gasteiger partial charge < -0.3 is 9.42 Å². The topological polar surface area (TPSA) is 46.5 Å². The second-order valence-electron chi connectivity index (χ2n) is 3.98. The predicted octanol–water partition coefficient (Wildman–Crippen LogP) is 3.53. The lowest BCUT2D eigenvalue weighted by atomic mass is 9.98. The van der Waals surface area contributed by atoms with Crippen molar-refractivity contribution in [3.63, 3.8) is 0 Å². The third-order valence-electron chi connectivity index (χ3n) is 2.81. The molecule has 0 spiro atoms. The van der Waals surface area contributed by atoms with E-state index in [2.05, 4.69) is 19.9 Å². The zero-order valence-corrected chi connectivity index (χ0v) is 11.7. The van der Waals surface area contributed by atoms with Gasteiger partial charge >= 0.3 is 7.60 Å². The van der Waals surface area contributed by atoms with Gasteiger partial charge in [0.25, 0.3) is 0 Å². The maximum absolute atomic E-state index is 11.8. The SMILES string of the molecule is CCOP(=O)(O)Cc1cccc(CC)c1CC. The summed E-state index contributed by atoms with van der Waals surface area (Å²) in [4.78, 5) is 9.68. The number of aryl methyl sites for hydroxylation is 1. The van der Waals surface area contributed by atoms with Crippen LogP contribution in [0.5, 0.6) is 0 Å². The summed E-state index contributed by atoms with van der Waals surface area (Å²) in [5, 5.41) is 0.